The van der Waals surface area contributed by atoms with Crippen LogP contribution < -0.4 is 5.32 Å². The lowest BCUT2D eigenvalue weighted by molar-refractivity contribution is -0.119. The van der Waals surface area contributed by atoms with Gasteiger partial charge in [-0.1, -0.05) is 64.1 Å². The Balaban J connectivity index is 2.37. The second-order valence-electron chi connectivity index (χ2n) is 6.89. The Kier molecular flexibility index (Phi) is 5.44. The molecule has 1 amide bonds. The first-order valence-corrected chi connectivity index (χ1v) is 8.24. The van der Waals surface area contributed by atoms with Crippen LogP contribution in [0.5, 0.6) is 0 Å². The van der Waals surface area contributed by atoms with Gasteiger partial charge < -0.3 is 5.32 Å². The van der Waals surface area contributed by atoms with Gasteiger partial charge in [0.2, 0.25) is 5.91 Å². The molecule has 2 nitrogen and oxygen atoms in total. The average Bonchev–Trinajstić information content (AvgIpc) is 2.47. The predicted octanol–water partition coefficient (Wildman–Crippen LogP) is 4.25. The van der Waals surface area contributed by atoms with Crippen molar-refractivity contribution in [1.82, 2.24) is 5.32 Å². The third-order valence-corrected chi connectivity index (χ3v) is 4.75. The summed E-state index contributed by atoms with van der Waals surface area (Å²) in [5.74, 6) is 1.36. The van der Waals surface area contributed by atoms with Gasteiger partial charge in [-0.25, -0.2) is 0 Å². The molecule has 1 saturated carbocycles. The molecule has 2 radical (unpaired) electrons. The van der Waals surface area contributed by atoms with Gasteiger partial charge in [-0.2, -0.15) is 0 Å². The highest BCUT2D eigenvalue weighted by molar-refractivity contribution is 5.87. The third-order valence-electron chi connectivity index (χ3n) is 4.75. The lowest BCUT2D eigenvalue weighted by Gasteiger charge is -2.48. The van der Waals surface area contributed by atoms with Crippen LogP contribution in [-0.2, 0) is 4.79 Å². The summed E-state index contributed by atoms with van der Waals surface area (Å²) >= 11 is 0. The molecule has 3 atom stereocenters. The van der Waals surface area contributed by atoms with E-state index in [2.05, 4.69) is 51.2 Å². The van der Waals surface area contributed by atoms with Crippen LogP contribution in [0.3, 0.4) is 0 Å². The topological polar surface area (TPSA) is 29.1 Å². The predicted molar refractivity (Wildman–Crippen MR) is 91.2 cm³/mol. The van der Waals surface area contributed by atoms with Crippen LogP contribution in [0, 0.1) is 24.2 Å². The van der Waals surface area contributed by atoms with Crippen LogP contribution >= 0.6 is 0 Å². The van der Waals surface area contributed by atoms with E-state index in [1.165, 1.54) is 12.5 Å². The first-order chi connectivity index (χ1) is 10.5. The summed E-state index contributed by atoms with van der Waals surface area (Å²) < 4.78 is 0. The summed E-state index contributed by atoms with van der Waals surface area (Å²) in [7, 11) is 0. The maximum Gasteiger partial charge on any atom is 0.243 e. The van der Waals surface area contributed by atoms with E-state index >= 15 is 0 Å². The molecule has 2 heteroatoms. The molecule has 0 bridgehead atoms. The number of benzene rings is 1. The molecule has 1 aromatic carbocycles. The van der Waals surface area contributed by atoms with Crippen LogP contribution in [0.15, 0.2) is 43.0 Å². The Labute approximate surface area is 135 Å². The number of hydrogen-bond acceptors (Lipinski definition) is 1. The summed E-state index contributed by atoms with van der Waals surface area (Å²) in [5, 5.41) is 3.22. The summed E-state index contributed by atoms with van der Waals surface area (Å²) in [6.07, 6.45) is 8.28. The van der Waals surface area contributed by atoms with E-state index in [-0.39, 0.29) is 5.91 Å². The Morgan fingerprint density at radius 1 is 1.36 bits per heavy atom. The van der Waals surface area contributed by atoms with E-state index in [1.807, 2.05) is 18.2 Å². The number of carbonyl (C=O) groups is 1. The number of nitrogens with one attached hydrogen (secondary N) is 1. The van der Waals surface area contributed by atoms with Crippen molar-refractivity contribution in [2.45, 2.75) is 45.6 Å². The molecule has 1 aliphatic rings. The first-order valence-electron chi connectivity index (χ1n) is 8.24. The fourth-order valence-corrected chi connectivity index (χ4v) is 3.78. The van der Waals surface area contributed by atoms with E-state index in [0.29, 0.717) is 17.8 Å². The fraction of sp³-hybridized carbons (Fsp3) is 0.500. The lowest BCUT2D eigenvalue weighted by atomic mass is 9.62. The number of rotatable bonds is 5. The summed E-state index contributed by atoms with van der Waals surface area (Å²) in [4.78, 5) is 12.1. The molecule has 0 aliphatic heterocycles. The molecule has 1 aliphatic carbocycles. The number of carbonyl (C=O) groups excluding carboxylic acids is 1. The largest absolute Gasteiger partial charge is 0.346 e. The Morgan fingerprint density at radius 2 is 2.05 bits per heavy atom. The van der Waals surface area contributed by atoms with Crippen LogP contribution in [-0.4, -0.2) is 11.4 Å². The van der Waals surface area contributed by atoms with E-state index in [1.54, 1.807) is 0 Å². The molecule has 3 unspecified atom stereocenters. The molecule has 0 heterocycles. The van der Waals surface area contributed by atoms with Crippen molar-refractivity contribution < 1.29 is 4.79 Å². The highest BCUT2D eigenvalue weighted by atomic mass is 16.1. The SMILES string of the molecule is C=CC(=O)NC1([C]c2ccccc2)CC(C)CCC1C(C)C. The van der Waals surface area contributed by atoms with Crippen molar-refractivity contribution in [3.63, 3.8) is 0 Å². The van der Waals surface area contributed by atoms with Crippen LogP contribution in [0.4, 0.5) is 0 Å². The molecule has 1 fully saturated rings. The molecule has 1 N–H and O–H groups in total. The zero-order valence-electron chi connectivity index (χ0n) is 13.9. The molecule has 0 spiro atoms. The molecular formula is C20H27NO. The quantitative estimate of drug-likeness (QED) is 0.809. The van der Waals surface area contributed by atoms with Crippen molar-refractivity contribution in [2.24, 2.45) is 17.8 Å². The Bertz CT molecular complexity index is 508. The Hall–Kier alpha value is -1.57. The average molecular weight is 297 g/mol. The monoisotopic (exact) mass is 297 g/mol. The molecular weight excluding hydrogens is 270 g/mol. The van der Waals surface area contributed by atoms with Gasteiger partial charge in [-0.3, -0.25) is 4.79 Å². The van der Waals surface area contributed by atoms with Gasteiger partial charge in [-0.05, 0) is 42.2 Å². The van der Waals surface area contributed by atoms with Gasteiger partial charge in [0.1, 0.15) is 0 Å². The van der Waals surface area contributed by atoms with Crippen LogP contribution in [0.2, 0.25) is 0 Å². The number of hydrogen-bond donors (Lipinski definition) is 1. The van der Waals surface area contributed by atoms with Gasteiger partial charge in [-0.15, -0.1) is 0 Å². The Morgan fingerprint density at radius 3 is 2.64 bits per heavy atom. The normalized spacial score (nSPS) is 28.4. The summed E-state index contributed by atoms with van der Waals surface area (Å²) in [6.45, 7) is 10.4. The minimum absolute atomic E-state index is 0.108. The summed E-state index contributed by atoms with van der Waals surface area (Å²) in [6, 6.07) is 10.1. The molecule has 1 aromatic rings. The van der Waals surface area contributed by atoms with E-state index in [0.717, 1.165) is 18.4 Å². The van der Waals surface area contributed by atoms with Gasteiger partial charge in [0.15, 0.2) is 0 Å². The fourth-order valence-electron chi connectivity index (χ4n) is 3.78. The van der Waals surface area contributed by atoms with Gasteiger partial charge >= 0.3 is 0 Å². The minimum atomic E-state index is -0.404. The zero-order valence-corrected chi connectivity index (χ0v) is 13.9. The zero-order chi connectivity index (χ0) is 16.2. The second kappa shape index (κ2) is 7.13. The van der Waals surface area contributed by atoms with E-state index in [9.17, 15) is 4.79 Å². The van der Waals surface area contributed by atoms with Crippen molar-refractivity contribution in [2.75, 3.05) is 0 Å². The number of amides is 1. The molecule has 118 valence electrons. The van der Waals surface area contributed by atoms with Crippen LogP contribution in [0.25, 0.3) is 0 Å². The highest BCUT2D eigenvalue weighted by Gasteiger charge is 2.45. The van der Waals surface area contributed by atoms with E-state index < -0.39 is 5.54 Å². The van der Waals surface area contributed by atoms with Crippen molar-refractivity contribution >= 4 is 5.91 Å². The minimum Gasteiger partial charge on any atom is -0.346 e. The van der Waals surface area contributed by atoms with Crippen molar-refractivity contribution in [3.8, 4) is 0 Å². The molecule has 0 saturated heterocycles. The van der Waals surface area contributed by atoms with Gasteiger partial charge in [0.25, 0.3) is 0 Å². The maximum atomic E-state index is 12.1. The molecule has 2 rings (SSSR count). The van der Waals surface area contributed by atoms with Gasteiger partial charge in [0.05, 0.1) is 5.54 Å². The van der Waals surface area contributed by atoms with E-state index in [4.69, 9.17) is 0 Å². The lowest BCUT2D eigenvalue weighted by Crippen LogP contribution is -2.58. The van der Waals surface area contributed by atoms with Crippen molar-refractivity contribution in [3.05, 3.63) is 55.0 Å². The van der Waals surface area contributed by atoms with Crippen LogP contribution in [0.1, 0.15) is 45.6 Å². The van der Waals surface area contributed by atoms with Gasteiger partial charge in [0, 0.05) is 6.42 Å². The highest BCUT2D eigenvalue weighted by Crippen LogP contribution is 2.43. The standard InChI is InChI=1S/C20H27NO/c1-5-19(22)21-20(14-17-9-7-6-8-10-17)13-16(4)11-12-18(20)15(2)3/h5-10,15-16,18H,1,11-13H2,2-4H3,(H,21,22). The first kappa shape index (κ1) is 16.8. The maximum absolute atomic E-state index is 12.1. The summed E-state index contributed by atoms with van der Waals surface area (Å²) in [5.41, 5.74) is 0.643. The smallest absolute Gasteiger partial charge is 0.243 e. The molecule has 22 heavy (non-hydrogen) atoms. The third kappa shape index (κ3) is 3.79. The molecule has 0 aromatic heterocycles. The second-order valence-corrected chi connectivity index (χ2v) is 6.89. The van der Waals surface area contributed by atoms with Crippen molar-refractivity contribution in [1.29, 1.82) is 0 Å².